The summed E-state index contributed by atoms with van der Waals surface area (Å²) in [5, 5.41) is 15.1. The van der Waals surface area contributed by atoms with Crippen molar-refractivity contribution in [2.75, 3.05) is 6.61 Å². The van der Waals surface area contributed by atoms with Crippen LogP contribution in [-0.4, -0.2) is 29.6 Å². The van der Waals surface area contributed by atoms with E-state index < -0.39 is 16.8 Å². The van der Waals surface area contributed by atoms with Crippen LogP contribution in [0.5, 0.6) is 11.5 Å². The highest BCUT2D eigenvalue weighted by Gasteiger charge is 2.12. The van der Waals surface area contributed by atoms with Crippen molar-refractivity contribution in [2.45, 2.75) is 6.92 Å². The zero-order chi connectivity index (χ0) is 23.8. The Bertz CT molecular complexity index is 1210. The number of non-ortho nitro benzene ring substituents is 1. The molecule has 0 aliphatic rings. The average Bonchev–Trinajstić information content (AvgIpc) is 2.79. The zero-order valence-electron chi connectivity index (χ0n) is 17.4. The highest BCUT2D eigenvalue weighted by atomic mass is 35.5. The molecule has 0 atom stereocenters. The van der Waals surface area contributed by atoms with E-state index in [1.54, 1.807) is 42.5 Å². The molecule has 3 aromatic rings. The van der Waals surface area contributed by atoms with Crippen LogP contribution in [0.15, 0.2) is 71.8 Å². The van der Waals surface area contributed by atoms with E-state index in [2.05, 4.69) is 10.5 Å². The van der Waals surface area contributed by atoms with E-state index in [1.165, 1.54) is 30.5 Å². The Hall–Kier alpha value is -4.24. The van der Waals surface area contributed by atoms with Crippen molar-refractivity contribution in [1.29, 1.82) is 0 Å². The summed E-state index contributed by atoms with van der Waals surface area (Å²) in [6.45, 7) is 1.59. The molecule has 0 saturated carbocycles. The van der Waals surface area contributed by atoms with Crippen molar-refractivity contribution in [3.05, 3.63) is 98.6 Å². The fourth-order valence-corrected chi connectivity index (χ4v) is 2.90. The van der Waals surface area contributed by atoms with Gasteiger partial charge in [-0.25, -0.2) is 10.2 Å². The number of ether oxygens (including phenoxy) is 2. The molecule has 0 heterocycles. The zero-order valence-corrected chi connectivity index (χ0v) is 18.1. The largest absolute Gasteiger partial charge is 0.483 e. The van der Waals surface area contributed by atoms with Gasteiger partial charge in [-0.15, -0.1) is 0 Å². The van der Waals surface area contributed by atoms with E-state index in [-0.39, 0.29) is 23.6 Å². The van der Waals surface area contributed by atoms with Crippen molar-refractivity contribution in [2.24, 2.45) is 5.10 Å². The van der Waals surface area contributed by atoms with Gasteiger partial charge >= 0.3 is 5.97 Å². The van der Waals surface area contributed by atoms with E-state index in [0.29, 0.717) is 16.3 Å². The summed E-state index contributed by atoms with van der Waals surface area (Å²) < 4.78 is 10.7. The number of halogens is 1. The topological polar surface area (TPSA) is 120 Å². The summed E-state index contributed by atoms with van der Waals surface area (Å²) in [5.74, 6) is -0.334. The number of aryl methyl sites for hydroxylation is 1. The lowest BCUT2D eigenvalue weighted by Gasteiger charge is -2.08. The Labute approximate surface area is 193 Å². The molecule has 1 N–H and O–H groups in total. The van der Waals surface area contributed by atoms with Crippen molar-refractivity contribution in [1.82, 2.24) is 5.43 Å². The van der Waals surface area contributed by atoms with Crippen LogP contribution in [0.1, 0.15) is 21.5 Å². The summed E-state index contributed by atoms with van der Waals surface area (Å²) in [4.78, 5) is 34.3. The van der Waals surface area contributed by atoms with Gasteiger partial charge < -0.3 is 9.47 Å². The highest BCUT2D eigenvalue weighted by molar-refractivity contribution is 6.30. The van der Waals surface area contributed by atoms with Crippen molar-refractivity contribution in [3.8, 4) is 11.5 Å². The van der Waals surface area contributed by atoms with Crippen molar-refractivity contribution >= 4 is 35.4 Å². The SMILES string of the molecule is Cc1cc(Cl)ccc1OCC(=O)NN=Cc1cccc(OC(=O)c2ccc([N+](=O)[O-])cc2)c1. The summed E-state index contributed by atoms with van der Waals surface area (Å²) in [5.41, 5.74) is 3.77. The second kappa shape index (κ2) is 10.9. The Morgan fingerprint density at radius 2 is 1.88 bits per heavy atom. The number of carbonyl (C=O) groups is 2. The third-order valence-electron chi connectivity index (χ3n) is 4.28. The Morgan fingerprint density at radius 3 is 2.58 bits per heavy atom. The summed E-state index contributed by atoms with van der Waals surface area (Å²) >= 11 is 5.89. The van der Waals surface area contributed by atoms with Gasteiger partial charge in [-0.1, -0.05) is 23.7 Å². The molecule has 0 bridgehead atoms. The number of nitrogens with one attached hydrogen (secondary N) is 1. The second-order valence-corrected chi connectivity index (χ2v) is 7.19. The van der Waals surface area contributed by atoms with E-state index >= 15 is 0 Å². The number of amides is 1. The number of nitrogens with zero attached hydrogens (tertiary/aromatic N) is 2. The quantitative estimate of drug-likeness (QED) is 0.173. The first-order valence-electron chi connectivity index (χ1n) is 9.59. The molecule has 0 aliphatic carbocycles. The lowest BCUT2D eigenvalue weighted by Crippen LogP contribution is -2.24. The normalized spacial score (nSPS) is 10.6. The first-order valence-corrected chi connectivity index (χ1v) is 9.97. The molecule has 10 heteroatoms. The number of esters is 1. The number of nitro benzene ring substituents is 1. The number of nitro groups is 1. The Kier molecular flexibility index (Phi) is 7.72. The molecular weight excluding hydrogens is 450 g/mol. The second-order valence-electron chi connectivity index (χ2n) is 6.76. The molecule has 0 fully saturated rings. The predicted octanol–water partition coefficient (Wildman–Crippen LogP) is 4.30. The Balaban J connectivity index is 1.53. The molecular formula is C23H18ClN3O6. The van der Waals surface area contributed by atoms with Crippen LogP contribution >= 0.6 is 11.6 Å². The minimum Gasteiger partial charge on any atom is -0.483 e. The van der Waals surface area contributed by atoms with Crippen LogP contribution in [-0.2, 0) is 4.79 Å². The van der Waals surface area contributed by atoms with E-state index in [0.717, 1.165) is 5.56 Å². The van der Waals surface area contributed by atoms with Crippen LogP contribution in [0.4, 0.5) is 5.69 Å². The van der Waals surface area contributed by atoms with E-state index in [9.17, 15) is 19.7 Å². The van der Waals surface area contributed by atoms with Gasteiger partial charge in [0.1, 0.15) is 11.5 Å². The van der Waals surface area contributed by atoms with Crippen LogP contribution in [0, 0.1) is 17.0 Å². The number of hydrogen-bond donors (Lipinski definition) is 1. The summed E-state index contributed by atoms with van der Waals surface area (Å²) in [6.07, 6.45) is 1.38. The standard InChI is InChI=1S/C23H18ClN3O6/c1-15-11-18(24)7-10-21(15)32-14-22(28)26-25-13-16-3-2-4-20(12-16)33-23(29)17-5-8-19(9-6-17)27(30)31/h2-13H,14H2,1H3,(H,26,28). The number of rotatable bonds is 8. The van der Waals surface area contributed by atoms with Gasteiger partial charge in [-0.3, -0.25) is 14.9 Å². The molecule has 1 amide bonds. The fourth-order valence-electron chi connectivity index (χ4n) is 2.67. The van der Waals surface area contributed by atoms with E-state index in [1.807, 2.05) is 6.92 Å². The number of carbonyl (C=O) groups excluding carboxylic acids is 2. The molecule has 9 nitrogen and oxygen atoms in total. The maximum Gasteiger partial charge on any atom is 0.343 e. The highest BCUT2D eigenvalue weighted by Crippen LogP contribution is 2.21. The Morgan fingerprint density at radius 1 is 1.12 bits per heavy atom. The first kappa shape index (κ1) is 23.4. The van der Waals surface area contributed by atoms with Gasteiger partial charge in [0, 0.05) is 17.2 Å². The van der Waals surface area contributed by atoms with Gasteiger partial charge in [0.15, 0.2) is 6.61 Å². The third-order valence-corrected chi connectivity index (χ3v) is 4.52. The van der Waals surface area contributed by atoms with Crippen LogP contribution in [0.25, 0.3) is 0 Å². The monoisotopic (exact) mass is 467 g/mol. The van der Waals surface area contributed by atoms with Crippen LogP contribution in [0.2, 0.25) is 5.02 Å². The maximum absolute atomic E-state index is 12.2. The van der Waals surface area contributed by atoms with Gasteiger partial charge in [0.05, 0.1) is 16.7 Å². The lowest BCUT2D eigenvalue weighted by molar-refractivity contribution is -0.384. The fraction of sp³-hybridized carbons (Fsp3) is 0.0870. The molecule has 0 aromatic heterocycles. The number of benzene rings is 3. The minimum atomic E-state index is -0.665. The first-order chi connectivity index (χ1) is 15.8. The van der Waals surface area contributed by atoms with Crippen molar-refractivity contribution in [3.63, 3.8) is 0 Å². The molecule has 0 spiro atoms. The number of hydrazone groups is 1. The van der Waals surface area contributed by atoms with Crippen molar-refractivity contribution < 1.29 is 24.0 Å². The van der Waals surface area contributed by atoms with Crippen LogP contribution < -0.4 is 14.9 Å². The molecule has 0 aliphatic heterocycles. The summed E-state index contributed by atoms with van der Waals surface area (Å²) in [6, 6.07) is 16.6. The van der Waals surface area contributed by atoms with Crippen LogP contribution in [0.3, 0.4) is 0 Å². The molecule has 3 rings (SSSR count). The number of hydrogen-bond acceptors (Lipinski definition) is 7. The predicted molar refractivity (Wildman–Crippen MR) is 122 cm³/mol. The van der Waals surface area contributed by atoms with E-state index in [4.69, 9.17) is 21.1 Å². The minimum absolute atomic E-state index is 0.125. The maximum atomic E-state index is 12.2. The average molecular weight is 468 g/mol. The van der Waals surface area contributed by atoms with Gasteiger partial charge in [0.25, 0.3) is 11.6 Å². The van der Waals surface area contributed by atoms with Gasteiger partial charge in [-0.2, -0.15) is 5.10 Å². The van der Waals surface area contributed by atoms with Gasteiger partial charge in [-0.05, 0) is 60.5 Å². The molecule has 33 heavy (non-hydrogen) atoms. The summed E-state index contributed by atoms with van der Waals surface area (Å²) in [7, 11) is 0. The smallest absolute Gasteiger partial charge is 0.343 e. The molecule has 168 valence electrons. The lowest BCUT2D eigenvalue weighted by atomic mass is 10.2. The third kappa shape index (κ3) is 6.88. The molecule has 0 saturated heterocycles. The van der Waals surface area contributed by atoms with Gasteiger partial charge in [0.2, 0.25) is 0 Å². The molecule has 3 aromatic carbocycles. The molecule has 0 unspecified atom stereocenters. The molecule has 0 radical (unpaired) electrons.